The lowest BCUT2D eigenvalue weighted by molar-refractivity contribution is 0.141. The zero-order chi connectivity index (χ0) is 20.7. The van der Waals surface area contributed by atoms with Gasteiger partial charge in [-0.3, -0.25) is 14.7 Å². The van der Waals surface area contributed by atoms with Crippen molar-refractivity contribution in [1.82, 2.24) is 14.9 Å². The molecule has 152 valence electrons. The van der Waals surface area contributed by atoms with Crippen LogP contribution >= 0.6 is 11.6 Å². The Labute approximate surface area is 178 Å². The van der Waals surface area contributed by atoms with Crippen LogP contribution in [0.2, 0.25) is 5.02 Å². The molecule has 0 saturated carbocycles. The van der Waals surface area contributed by atoms with Gasteiger partial charge in [0.1, 0.15) is 0 Å². The predicted molar refractivity (Wildman–Crippen MR) is 120 cm³/mol. The third kappa shape index (κ3) is 3.72. The Morgan fingerprint density at radius 3 is 2.87 bits per heavy atom. The molecule has 5 nitrogen and oxygen atoms in total. The number of nitrogens with one attached hydrogen (secondary N) is 1. The third-order valence-corrected chi connectivity index (χ3v) is 6.22. The molecular weight excluding hydrogens is 398 g/mol. The van der Waals surface area contributed by atoms with Gasteiger partial charge in [-0.05, 0) is 47.7 Å². The molecule has 0 bridgehead atoms. The molecule has 1 aliphatic rings. The molecule has 1 saturated heterocycles. The van der Waals surface area contributed by atoms with Crippen molar-refractivity contribution in [2.45, 2.75) is 19.1 Å². The Morgan fingerprint density at radius 2 is 1.97 bits per heavy atom. The van der Waals surface area contributed by atoms with Gasteiger partial charge in [0.25, 0.3) is 5.56 Å². The number of benzene rings is 2. The number of aliphatic hydroxyl groups is 1. The summed E-state index contributed by atoms with van der Waals surface area (Å²) in [6.07, 6.45) is 2.19. The molecule has 30 heavy (non-hydrogen) atoms. The van der Waals surface area contributed by atoms with Crippen molar-refractivity contribution in [2.24, 2.45) is 5.92 Å². The van der Waals surface area contributed by atoms with Gasteiger partial charge in [-0.2, -0.15) is 0 Å². The fourth-order valence-corrected chi connectivity index (χ4v) is 4.64. The minimum atomic E-state index is -0.421. The molecular formula is C24H22ClN3O2. The zero-order valence-corrected chi connectivity index (χ0v) is 17.1. The third-order valence-electron chi connectivity index (χ3n) is 5.98. The van der Waals surface area contributed by atoms with Gasteiger partial charge in [-0.25, -0.2) is 0 Å². The van der Waals surface area contributed by atoms with Gasteiger partial charge in [0, 0.05) is 53.2 Å². The highest BCUT2D eigenvalue weighted by atomic mass is 35.5. The molecule has 0 amide bonds. The van der Waals surface area contributed by atoms with Gasteiger partial charge in [-0.15, -0.1) is 0 Å². The Kier molecular flexibility index (Phi) is 5.03. The van der Waals surface area contributed by atoms with E-state index in [2.05, 4.69) is 20.9 Å². The number of fused-ring (bicyclic) bond motifs is 2. The molecule has 0 aliphatic carbocycles. The number of hydrogen-bond acceptors (Lipinski definition) is 4. The number of hydrogen-bond donors (Lipinski definition) is 2. The number of H-pyrrole nitrogens is 1. The van der Waals surface area contributed by atoms with Crippen LogP contribution < -0.4 is 5.56 Å². The molecule has 0 spiro atoms. The number of halogens is 1. The lowest BCUT2D eigenvalue weighted by Crippen LogP contribution is -2.25. The largest absolute Gasteiger partial charge is 0.391 e. The van der Waals surface area contributed by atoms with E-state index in [9.17, 15) is 9.90 Å². The Balaban J connectivity index is 1.34. The van der Waals surface area contributed by atoms with Crippen LogP contribution in [0.5, 0.6) is 0 Å². The summed E-state index contributed by atoms with van der Waals surface area (Å²) < 4.78 is 0. The second kappa shape index (κ2) is 7.84. The smallest absolute Gasteiger partial charge is 0.252 e. The highest BCUT2D eigenvalue weighted by Gasteiger charge is 2.32. The van der Waals surface area contributed by atoms with E-state index in [1.165, 1.54) is 5.56 Å². The van der Waals surface area contributed by atoms with E-state index in [0.29, 0.717) is 23.7 Å². The van der Waals surface area contributed by atoms with Crippen LogP contribution in [-0.2, 0) is 13.0 Å². The summed E-state index contributed by atoms with van der Waals surface area (Å²) in [4.78, 5) is 22.0. The first kappa shape index (κ1) is 19.2. The van der Waals surface area contributed by atoms with E-state index in [-0.39, 0.29) is 11.5 Å². The molecule has 3 heterocycles. The minimum absolute atomic E-state index is 0.108. The highest BCUT2D eigenvalue weighted by Crippen LogP contribution is 2.26. The Morgan fingerprint density at radius 1 is 1.10 bits per heavy atom. The van der Waals surface area contributed by atoms with Crippen LogP contribution in [0.1, 0.15) is 11.1 Å². The molecule has 4 aromatic rings. The van der Waals surface area contributed by atoms with E-state index >= 15 is 0 Å². The summed E-state index contributed by atoms with van der Waals surface area (Å²) in [6, 6.07) is 17.5. The van der Waals surface area contributed by atoms with Crippen molar-refractivity contribution >= 4 is 33.4 Å². The summed E-state index contributed by atoms with van der Waals surface area (Å²) in [5.74, 6) is 0.120. The standard InChI is InChI=1S/C24H22ClN3O2/c25-19-6-5-16-10-18(24(30)27-22(16)11-19)13-28-12-17(23(29)14-28)9-15-7-8-26-21-4-2-1-3-20(15)21/h1-8,10-11,17,23,29H,9,12-14H2,(H,27,30). The van der Waals surface area contributed by atoms with Gasteiger partial charge in [0.15, 0.2) is 0 Å². The first-order chi connectivity index (χ1) is 14.6. The fourth-order valence-electron chi connectivity index (χ4n) is 4.46. The van der Waals surface area contributed by atoms with Crippen molar-refractivity contribution in [1.29, 1.82) is 0 Å². The van der Waals surface area contributed by atoms with Gasteiger partial charge >= 0.3 is 0 Å². The maximum Gasteiger partial charge on any atom is 0.252 e. The number of pyridine rings is 2. The summed E-state index contributed by atoms with van der Waals surface area (Å²) in [7, 11) is 0. The predicted octanol–water partition coefficient (Wildman–Crippen LogP) is 3.77. The molecule has 5 rings (SSSR count). The first-order valence-corrected chi connectivity index (χ1v) is 10.5. The van der Waals surface area contributed by atoms with Gasteiger partial charge < -0.3 is 10.1 Å². The minimum Gasteiger partial charge on any atom is -0.391 e. The van der Waals surface area contributed by atoms with Crippen LogP contribution in [0.25, 0.3) is 21.8 Å². The molecule has 2 aromatic carbocycles. The number of aromatic nitrogens is 2. The lowest BCUT2D eigenvalue weighted by atomic mass is 9.94. The van der Waals surface area contributed by atoms with Crippen LogP contribution in [0, 0.1) is 5.92 Å². The number of likely N-dealkylation sites (tertiary alicyclic amines) is 1. The average molecular weight is 420 g/mol. The monoisotopic (exact) mass is 419 g/mol. The second-order valence-corrected chi connectivity index (χ2v) is 8.50. The molecule has 1 fully saturated rings. The van der Waals surface area contributed by atoms with Crippen molar-refractivity contribution in [3.05, 3.63) is 87.3 Å². The van der Waals surface area contributed by atoms with E-state index in [1.54, 1.807) is 6.07 Å². The Hall–Kier alpha value is -2.73. The quantitative estimate of drug-likeness (QED) is 0.528. The highest BCUT2D eigenvalue weighted by molar-refractivity contribution is 6.31. The number of aliphatic hydroxyl groups excluding tert-OH is 1. The van der Waals surface area contributed by atoms with Crippen LogP contribution in [0.4, 0.5) is 0 Å². The number of para-hydroxylation sites is 1. The summed E-state index contributed by atoms with van der Waals surface area (Å²) in [5, 5.41) is 13.4. The molecule has 0 radical (unpaired) electrons. The molecule has 2 aromatic heterocycles. The molecule has 2 unspecified atom stereocenters. The van der Waals surface area contributed by atoms with E-state index in [0.717, 1.165) is 34.8 Å². The average Bonchev–Trinajstić information content (AvgIpc) is 3.08. The number of aromatic amines is 1. The van der Waals surface area contributed by atoms with Crippen molar-refractivity contribution in [2.75, 3.05) is 13.1 Å². The van der Waals surface area contributed by atoms with Gasteiger partial charge in [0.05, 0.1) is 11.6 Å². The first-order valence-electron chi connectivity index (χ1n) is 10.1. The normalized spacial score (nSPS) is 19.7. The number of rotatable bonds is 4. The van der Waals surface area contributed by atoms with E-state index in [4.69, 9.17) is 11.6 Å². The summed E-state index contributed by atoms with van der Waals surface area (Å²) in [6.45, 7) is 1.82. The summed E-state index contributed by atoms with van der Waals surface area (Å²) >= 11 is 6.02. The van der Waals surface area contributed by atoms with Crippen molar-refractivity contribution in [3.63, 3.8) is 0 Å². The van der Waals surface area contributed by atoms with E-state index < -0.39 is 6.10 Å². The number of β-amino-alcohol motifs (C(OH)–C–C–N with tert-alkyl or cyclic N) is 1. The van der Waals surface area contributed by atoms with Crippen LogP contribution in [0.15, 0.2) is 65.6 Å². The topological polar surface area (TPSA) is 69.2 Å². The molecule has 1 aliphatic heterocycles. The lowest BCUT2D eigenvalue weighted by Gasteiger charge is -2.16. The van der Waals surface area contributed by atoms with Crippen LogP contribution in [0.3, 0.4) is 0 Å². The van der Waals surface area contributed by atoms with Crippen molar-refractivity contribution in [3.8, 4) is 0 Å². The second-order valence-electron chi connectivity index (χ2n) is 8.07. The van der Waals surface area contributed by atoms with E-state index in [1.807, 2.05) is 48.7 Å². The molecule has 2 N–H and O–H groups in total. The SMILES string of the molecule is O=c1[nH]c2cc(Cl)ccc2cc1CN1CC(O)C(Cc2ccnc3ccccc23)C1. The zero-order valence-electron chi connectivity index (χ0n) is 16.4. The van der Waals surface area contributed by atoms with Crippen molar-refractivity contribution < 1.29 is 5.11 Å². The van der Waals surface area contributed by atoms with Gasteiger partial charge in [-0.1, -0.05) is 35.9 Å². The van der Waals surface area contributed by atoms with Gasteiger partial charge in [0.2, 0.25) is 0 Å². The Bertz CT molecular complexity index is 1280. The molecule has 2 atom stereocenters. The molecule has 6 heteroatoms. The van der Waals surface area contributed by atoms with Crippen LogP contribution in [-0.4, -0.2) is 39.2 Å². The maximum absolute atomic E-state index is 12.5. The fraction of sp³-hybridized carbons (Fsp3) is 0.250. The maximum atomic E-state index is 12.5. The summed E-state index contributed by atoms with van der Waals surface area (Å²) in [5.41, 5.74) is 3.50. The number of nitrogens with zero attached hydrogens (tertiary/aromatic N) is 2.